The third-order valence-corrected chi connectivity index (χ3v) is 4.31. The maximum absolute atomic E-state index is 12.5. The predicted molar refractivity (Wildman–Crippen MR) is 91.9 cm³/mol. The maximum atomic E-state index is 12.5. The van der Waals surface area contributed by atoms with Crippen molar-refractivity contribution in [2.75, 3.05) is 16.8 Å². The third-order valence-electron chi connectivity index (χ3n) is 4.31. The van der Waals surface area contributed by atoms with Crippen LogP contribution in [0.3, 0.4) is 0 Å². The third kappa shape index (κ3) is 2.71. The van der Waals surface area contributed by atoms with E-state index in [-0.39, 0.29) is 11.8 Å². The zero-order chi connectivity index (χ0) is 17.4. The van der Waals surface area contributed by atoms with Gasteiger partial charge in [0.1, 0.15) is 6.26 Å². The average molecular weight is 336 g/mol. The molecule has 1 N–H and O–H groups in total. The topological polar surface area (TPSA) is 75.7 Å². The van der Waals surface area contributed by atoms with E-state index in [0.29, 0.717) is 23.6 Å². The average Bonchev–Trinajstić information content (AvgIpc) is 3.34. The molecule has 0 fully saturated rings. The van der Waals surface area contributed by atoms with Gasteiger partial charge in [-0.15, -0.1) is 0 Å². The van der Waals surface area contributed by atoms with Crippen LogP contribution in [0.4, 0.5) is 11.4 Å². The zero-order valence-corrected chi connectivity index (χ0v) is 13.6. The van der Waals surface area contributed by atoms with Crippen molar-refractivity contribution in [1.29, 1.82) is 0 Å². The van der Waals surface area contributed by atoms with Crippen LogP contribution in [0.5, 0.6) is 0 Å². The molecule has 0 atom stereocenters. The Balaban J connectivity index is 1.54. The van der Waals surface area contributed by atoms with Gasteiger partial charge in [0.15, 0.2) is 5.76 Å². The summed E-state index contributed by atoms with van der Waals surface area (Å²) in [6, 6.07) is 8.94. The first-order chi connectivity index (χ1) is 12.1. The van der Waals surface area contributed by atoms with Crippen molar-refractivity contribution in [3.05, 3.63) is 71.6 Å². The molecular formula is C19H16N2O4. The molecule has 3 aromatic rings. The van der Waals surface area contributed by atoms with Crippen molar-refractivity contribution in [2.24, 2.45) is 0 Å². The fraction of sp³-hybridized carbons (Fsp3) is 0.158. The molecule has 2 amide bonds. The summed E-state index contributed by atoms with van der Waals surface area (Å²) in [7, 11) is 0. The van der Waals surface area contributed by atoms with E-state index in [9.17, 15) is 9.59 Å². The molecule has 0 unspecified atom stereocenters. The van der Waals surface area contributed by atoms with Gasteiger partial charge in [-0.3, -0.25) is 9.59 Å². The van der Waals surface area contributed by atoms with Gasteiger partial charge in [-0.1, -0.05) is 0 Å². The van der Waals surface area contributed by atoms with Crippen LogP contribution in [0.2, 0.25) is 0 Å². The Kier molecular flexibility index (Phi) is 3.65. The molecule has 6 nitrogen and oxygen atoms in total. The summed E-state index contributed by atoms with van der Waals surface area (Å²) >= 11 is 0. The van der Waals surface area contributed by atoms with Gasteiger partial charge in [0.05, 0.1) is 18.1 Å². The maximum Gasteiger partial charge on any atom is 0.291 e. The Hall–Kier alpha value is -3.28. The molecule has 0 bridgehead atoms. The molecule has 0 saturated heterocycles. The van der Waals surface area contributed by atoms with E-state index in [1.165, 1.54) is 18.8 Å². The van der Waals surface area contributed by atoms with E-state index < -0.39 is 0 Å². The highest BCUT2D eigenvalue weighted by Crippen LogP contribution is 2.32. The number of carbonyl (C=O) groups excluding carboxylic acids is 2. The Morgan fingerprint density at radius 2 is 2.04 bits per heavy atom. The molecule has 1 aliphatic rings. The van der Waals surface area contributed by atoms with Crippen LogP contribution in [0, 0.1) is 6.92 Å². The first-order valence-corrected chi connectivity index (χ1v) is 7.96. The molecule has 126 valence electrons. The quantitative estimate of drug-likeness (QED) is 0.792. The van der Waals surface area contributed by atoms with Crippen LogP contribution in [-0.4, -0.2) is 18.4 Å². The molecule has 0 saturated carbocycles. The Morgan fingerprint density at radius 1 is 1.16 bits per heavy atom. The highest BCUT2D eigenvalue weighted by molar-refractivity contribution is 6.07. The van der Waals surface area contributed by atoms with Gasteiger partial charge in [0, 0.05) is 23.5 Å². The summed E-state index contributed by atoms with van der Waals surface area (Å²) < 4.78 is 10.2. The standard InChI is InChI=1S/C19H16N2O4/c1-12-5-9-25-17(12)18(22)20-15-2-3-16-13(10-15)4-7-21(16)19(23)14-6-8-24-11-14/h2-3,5-6,8-11H,4,7H2,1H3,(H,20,22). The lowest BCUT2D eigenvalue weighted by molar-refractivity contribution is 0.0983. The van der Waals surface area contributed by atoms with Gasteiger partial charge in [-0.05, 0) is 49.2 Å². The van der Waals surface area contributed by atoms with Gasteiger partial charge in [-0.2, -0.15) is 0 Å². The summed E-state index contributed by atoms with van der Waals surface area (Å²) in [6.45, 7) is 2.43. The van der Waals surface area contributed by atoms with E-state index in [1.54, 1.807) is 23.1 Å². The summed E-state index contributed by atoms with van der Waals surface area (Å²) in [5.41, 5.74) is 3.87. The normalized spacial score (nSPS) is 12.9. The van der Waals surface area contributed by atoms with Gasteiger partial charge in [0.25, 0.3) is 11.8 Å². The number of hydrogen-bond acceptors (Lipinski definition) is 4. The zero-order valence-electron chi connectivity index (χ0n) is 13.6. The SMILES string of the molecule is Cc1ccoc1C(=O)Nc1ccc2c(c1)CCN2C(=O)c1ccoc1. The number of rotatable bonds is 3. The molecule has 0 radical (unpaired) electrons. The second kappa shape index (κ2) is 5.98. The second-order valence-electron chi connectivity index (χ2n) is 5.95. The summed E-state index contributed by atoms with van der Waals surface area (Å²) in [4.78, 5) is 26.5. The molecule has 25 heavy (non-hydrogen) atoms. The Morgan fingerprint density at radius 3 is 2.76 bits per heavy atom. The number of anilines is 2. The molecule has 2 aromatic heterocycles. The number of aryl methyl sites for hydroxylation is 1. The minimum Gasteiger partial charge on any atom is -0.472 e. The minimum atomic E-state index is -0.285. The highest BCUT2D eigenvalue weighted by atomic mass is 16.3. The monoisotopic (exact) mass is 336 g/mol. The van der Waals surface area contributed by atoms with Crippen LogP contribution in [0.1, 0.15) is 32.0 Å². The molecular weight excluding hydrogens is 320 g/mol. The number of furan rings is 2. The number of hydrogen-bond donors (Lipinski definition) is 1. The van der Waals surface area contributed by atoms with E-state index >= 15 is 0 Å². The van der Waals surface area contributed by atoms with Crippen LogP contribution in [0.25, 0.3) is 0 Å². The number of carbonyl (C=O) groups is 2. The van der Waals surface area contributed by atoms with E-state index in [2.05, 4.69) is 5.32 Å². The minimum absolute atomic E-state index is 0.0875. The van der Waals surface area contributed by atoms with Crippen molar-refractivity contribution < 1.29 is 18.4 Å². The van der Waals surface area contributed by atoms with Crippen molar-refractivity contribution in [2.45, 2.75) is 13.3 Å². The van der Waals surface area contributed by atoms with E-state index in [0.717, 1.165) is 23.2 Å². The van der Waals surface area contributed by atoms with Crippen molar-refractivity contribution >= 4 is 23.2 Å². The first-order valence-electron chi connectivity index (χ1n) is 7.96. The first kappa shape index (κ1) is 15.3. The molecule has 0 aliphatic carbocycles. The van der Waals surface area contributed by atoms with E-state index in [1.807, 2.05) is 19.1 Å². The molecule has 0 spiro atoms. The Labute approximate surface area is 144 Å². The van der Waals surface area contributed by atoms with Gasteiger partial charge >= 0.3 is 0 Å². The van der Waals surface area contributed by atoms with Gasteiger partial charge < -0.3 is 19.1 Å². The molecule has 4 rings (SSSR count). The summed E-state index contributed by atoms with van der Waals surface area (Å²) in [5.74, 6) is -0.0699. The lowest BCUT2D eigenvalue weighted by atomic mass is 10.1. The van der Waals surface area contributed by atoms with E-state index in [4.69, 9.17) is 8.83 Å². The molecule has 3 heterocycles. The predicted octanol–water partition coefficient (Wildman–Crippen LogP) is 3.64. The molecule has 1 aromatic carbocycles. The van der Waals surface area contributed by atoms with Crippen molar-refractivity contribution in [3.63, 3.8) is 0 Å². The molecule has 1 aliphatic heterocycles. The van der Waals surface area contributed by atoms with Gasteiger partial charge in [0.2, 0.25) is 0 Å². The number of amides is 2. The lowest BCUT2D eigenvalue weighted by Crippen LogP contribution is -2.28. The summed E-state index contributed by atoms with van der Waals surface area (Å²) in [6.07, 6.45) is 5.16. The number of nitrogens with one attached hydrogen (secondary N) is 1. The molecule has 6 heteroatoms. The Bertz CT molecular complexity index is 940. The van der Waals surface area contributed by atoms with Gasteiger partial charge in [-0.25, -0.2) is 0 Å². The van der Waals surface area contributed by atoms with Crippen molar-refractivity contribution in [3.8, 4) is 0 Å². The second-order valence-corrected chi connectivity index (χ2v) is 5.95. The highest BCUT2D eigenvalue weighted by Gasteiger charge is 2.26. The van der Waals surface area contributed by atoms with Crippen LogP contribution in [-0.2, 0) is 6.42 Å². The van der Waals surface area contributed by atoms with Crippen molar-refractivity contribution in [1.82, 2.24) is 0 Å². The van der Waals surface area contributed by atoms with Crippen LogP contribution < -0.4 is 10.2 Å². The fourth-order valence-electron chi connectivity index (χ4n) is 3.03. The largest absolute Gasteiger partial charge is 0.472 e. The van der Waals surface area contributed by atoms with Crippen LogP contribution >= 0.6 is 0 Å². The fourth-order valence-corrected chi connectivity index (χ4v) is 3.03. The lowest BCUT2D eigenvalue weighted by Gasteiger charge is -2.16. The number of nitrogens with zero attached hydrogens (tertiary/aromatic N) is 1. The smallest absolute Gasteiger partial charge is 0.291 e. The number of benzene rings is 1. The number of fused-ring (bicyclic) bond motifs is 1. The summed E-state index contributed by atoms with van der Waals surface area (Å²) in [5, 5.41) is 2.84. The van der Waals surface area contributed by atoms with Crippen LogP contribution in [0.15, 0.2) is 58.0 Å².